The lowest BCUT2D eigenvalue weighted by Gasteiger charge is -2.15. The molecule has 0 N–H and O–H groups in total. The highest BCUT2D eigenvalue weighted by molar-refractivity contribution is 5.93. The predicted molar refractivity (Wildman–Crippen MR) is 91.5 cm³/mol. The van der Waals surface area contributed by atoms with Crippen LogP contribution in [-0.4, -0.2) is 26.1 Å². The molecule has 0 fully saturated rings. The first-order chi connectivity index (χ1) is 11.7. The fourth-order valence-electron chi connectivity index (χ4n) is 2.28. The van der Waals surface area contributed by atoms with Gasteiger partial charge in [0.05, 0.1) is 14.2 Å². The van der Waals surface area contributed by atoms with Gasteiger partial charge in [-0.25, -0.2) is 18.0 Å². The number of ether oxygens (including phenoxy) is 2. The molecule has 0 amide bonds. The van der Waals surface area contributed by atoms with Crippen LogP contribution >= 0.6 is 0 Å². The Morgan fingerprint density at radius 2 is 1.76 bits per heavy atom. The molecule has 3 nitrogen and oxygen atoms in total. The van der Waals surface area contributed by atoms with E-state index in [-0.39, 0.29) is 28.0 Å². The van der Waals surface area contributed by atoms with Gasteiger partial charge in [0.15, 0.2) is 11.6 Å². The zero-order chi connectivity index (χ0) is 19.2. The fourth-order valence-corrected chi connectivity index (χ4v) is 2.28. The smallest absolute Gasteiger partial charge is 0.341 e. The molecule has 1 aromatic rings. The van der Waals surface area contributed by atoms with E-state index >= 15 is 0 Å². The molecule has 0 atom stereocenters. The minimum atomic E-state index is -3.08. The molecule has 0 aliphatic heterocycles. The van der Waals surface area contributed by atoms with Crippen LogP contribution in [0, 0.1) is 5.82 Å². The van der Waals surface area contributed by atoms with Gasteiger partial charge in [-0.1, -0.05) is 24.3 Å². The molecular weight excluding hydrogens is 333 g/mol. The van der Waals surface area contributed by atoms with Gasteiger partial charge in [-0.2, -0.15) is 0 Å². The fraction of sp³-hybridized carbons (Fsp3) is 0.316. The third-order valence-electron chi connectivity index (χ3n) is 3.49. The molecule has 6 heteroatoms. The highest BCUT2D eigenvalue weighted by Crippen LogP contribution is 2.33. The maximum Gasteiger partial charge on any atom is 0.341 e. The van der Waals surface area contributed by atoms with Crippen molar-refractivity contribution in [1.82, 2.24) is 0 Å². The number of allylic oxidation sites excluding steroid dienone is 6. The van der Waals surface area contributed by atoms with Gasteiger partial charge in [-0.05, 0) is 31.6 Å². The van der Waals surface area contributed by atoms with Gasteiger partial charge >= 0.3 is 5.97 Å². The molecule has 0 unspecified atom stereocenters. The van der Waals surface area contributed by atoms with Crippen LogP contribution in [0.5, 0.6) is 5.75 Å². The van der Waals surface area contributed by atoms with Gasteiger partial charge in [-0.15, -0.1) is 0 Å². The Bertz CT molecular complexity index is 726. The van der Waals surface area contributed by atoms with E-state index in [4.69, 9.17) is 4.74 Å². The second-order valence-electron chi connectivity index (χ2n) is 5.23. The molecule has 136 valence electrons. The summed E-state index contributed by atoms with van der Waals surface area (Å²) in [6.45, 7) is 3.93. The largest absolute Gasteiger partial charge is 0.493 e. The first-order valence-corrected chi connectivity index (χ1v) is 7.55. The van der Waals surface area contributed by atoms with E-state index in [1.807, 2.05) is 0 Å². The van der Waals surface area contributed by atoms with Crippen LogP contribution in [0.25, 0.3) is 5.57 Å². The van der Waals surface area contributed by atoms with Crippen molar-refractivity contribution >= 4 is 11.5 Å². The van der Waals surface area contributed by atoms with Crippen LogP contribution in [0.4, 0.5) is 13.2 Å². The third kappa shape index (κ3) is 4.75. The third-order valence-corrected chi connectivity index (χ3v) is 3.49. The van der Waals surface area contributed by atoms with Gasteiger partial charge < -0.3 is 9.47 Å². The number of alkyl halides is 2. The van der Waals surface area contributed by atoms with Crippen molar-refractivity contribution in [3.8, 4) is 5.75 Å². The highest BCUT2D eigenvalue weighted by atomic mass is 19.3. The Kier molecular flexibility index (Phi) is 7.03. The van der Waals surface area contributed by atoms with Crippen LogP contribution in [-0.2, 0) is 4.74 Å². The summed E-state index contributed by atoms with van der Waals surface area (Å²) in [6.07, 6.45) is 5.58. The zero-order valence-corrected chi connectivity index (χ0v) is 14.8. The second kappa shape index (κ2) is 8.55. The number of esters is 1. The number of methoxy groups -OCH3 is 2. The van der Waals surface area contributed by atoms with Gasteiger partial charge in [-0.3, -0.25) is 0 Å². The topological polar surface area (TPSA) is 35.5 Å². The van der Waals surface area contributed by atoms with Crippen LogP contribution in [0.15, 0.2) is 42.0 Å². The number of hydrogen-bond donors (Lipinski definition) is 0. The Hall–Kier alpha value is -2.50. The van der Waals surface area contributed by atoms with Crippen molar-refractivity contribution in [3.63, 3.8) is 0 Å². The van der Waals surface area contributed by atoms with Crippen LogP contribution < -0.4 is 4.74 Å². The SMILES string of the molecule is C\C=C/C(=C\C(=C/C)C(C)(F)F)c1ccc(C(=O)OC)c(OC)c1F. The first-order valence-electron chi connectivity index (χ1n) is 7.55. The van der Waals surface area contributed by atoms with Crippen molar-refractivity contribution in [2.45, 2.75) is 26.7 Å². The standard InChI is InChI=1S/C19H21F3O3/c1-6-8-12(11-13(7-2)19(3,21)22)14-9-10-15(18(23)25-5)17(24-4)16(14)20/h6-11H,1-5H3/b8-6-,12-11+,13-7+. The normalized spacial score (nSPS) is 13.3. The van der Waals surface area contributed by atoms with Crippen LogP contribution in [0.2, 0.25) is 0 Å². The van der Waals surface area contributed by atoms with Crippen molar-refractivity contribution in [2.75, 3.05) is 14.2 Å². The lowest BCUT2D eigenvalue weighted by atomic mass is 9.97. The van der Waals surface area contributed by atoms with Gasteiger partial charge in [0, 0.05) is 18.1 Å². The molecule has 0 spiro atoms. The summed E-state index contributed by atoms with van der Waals surface area (Å²) in [6, 6.07) is 2.66. The van der Waals surface area contributed by atoms with Crippen LogP contribution in [0.1, 0.15) is 36.7 Å². The number of carbonyl (C=O) groups is 1. The molecule has 0 radical (unpaired) electrons. The molecular formula is C19H21F3O3. The Morgan fingerprint density at radius 1 is 1.16 bits per heavy atom. The van der Waals surface area contributed by atoms with E-state index in [0.29, 0.717) is 0 Å². The summed E-state index contributed by atoms with van der Waals surface area (Å²) in [7, 11) is 2.38. The number of halogens is 3. The van der Waals surface area contributed by atoms with Gasteiger partial charge in [0.25, 0.3) is 5.92 Å². The first kappa shape index (κ1) is 20.5. The van der Waals surface area contributed by atoms with E-state index in [9.17, 15) is 18.0 Å². The summed E-state index contributed by atoms with van der Waals surface area (Å²) in [5.74, 6) is -4.96. The number of carbonyl (C=O) groups excluding carboxylic acids is 1. The van der Waals surface area contributed by atoms with Crippen molar-refractivity contribution in [2.24, 2.45) is 0 Å². The molecule has 0 aliphatic carbocycles. The average molecular weight is 354 g/mol. The summed E-state index contributed by atoms with van der Waals surface area (Å²) >= 11 is 0. The minimum Gasteiger partial charge on any atom is -0.493 e. The maximum absolute atomic E-state index is 14.8. The Balaban J connectivity index is 3.61. The summed E-state index contributed by atoms with van der Waals surface area (Å²) in [5.41, 5.74) is -0.0790. The molecule has 0 heterocycles. The summed E-state index contributed by atoms with van der Waals surface area (Å²) in [4.78, 5) is 11.7. The van der Waals surface area contributed by atoms with E-state index in [0.717, 1.165) is 6.92 Å². The Labute approximate surface area is 145 Å². The second-order valence-corrected chi connectivity index (χ2v) is 5.23. The molecule has 0 saturated heterocycles. The number of hydrogen-bond acceptors (Lipinski definition) is 3. The minimum absolute atomic E-state index is 0.0335. The lowest BCUT2D eigenvalue weighted by Crippen LogP contribution is -2.12. The molecule has 0 bridgehead atoms. The number of benzene rings is 1. The van der Waals surface area contributed by atoms with Gasteiger partial charge in [0.1, 0.15) is 5.56 Å². The zero-order valence-electron chi connectivity index (χ0n) is 14.8. The lowest BCUT2D eigenvalue weighted by molar-refractivity contribution is 0.0595. The maximum atomic E-state index is 14.8. The molecule has 1 aromatic carbocycles. The van der Waals surface area contributed by atoms with E-state index in [2.05, 4.69) is 4.74 Å². The molecule has 0 aliphatic rings. The van der Waals surface area contributed by atoms with E-state index in [1.54, 1.807) is 13.0 Å². The monoisotopic (exact) mass is 354 g/mol. The average Bonchev–Trinajstić information content (AvgIpc) is 2.56. The van der Waals surface area contributed by atoms with E-state index < -0.39 is 17.7 Å². The summed E-state index contributed by atoms with van der Waals surface area (Å²) < 4.78 is 51.7. The molecule has 1 rings (SSSR count). The van der Waals surface area contributed by atoms with Crippen LogP contribution in [0.3, 0.4) is 0 Å². The summed E-state index contributed by atoms with van der Waals surface area (Å²) in [5, 5.41) is 0. The predicted octanol–water partition coefficient (Wildman–Crippen LogP) is 5.18. The van der Waals surface area contributed by atoms with Gasteiger partial charge in [0.2, 0.25) is 0 Å². The van der Waals surface area contributed by atoms with E-state index in [1.165, 1.54) is 51.5 Å². The molecule has 0 aromatic heterocycles. The Morgan fingerprint density at radius 3 is 2.20 bits per heavy atom. The quantitative estimate of drug-likeness (QED) is 0.521. The van der Waals surface area contributed by atoms with Crippen molar-refractivity contribution in [3.05, 3.63) is 59.0 Å². The highest BCUT2D eigenvalue weighted by Gasteiger charge is 2.26. The van der Waals surface area contributed by atoms with Crippen molar-refractivity contribution in [1.29, 1.82) is 0 Å². The molecule has 0 saturated carbocycles. The van der Waals surface area contributed by atoms with Crippen molar-refractivity contribution < 1.29 is 27.4 Å². The number of rotatable bonds is 6. The molecule has 25 heavy (non-hydrogen) atoms.